The zero-order valence-corrected chi connectivity index (χ0v) is 20.0. The molecule has 0 bridgehead atoms. The van der Waals surface area contributed by atoms with Crippen molar-refractivity contribution in [3.8, 4) is 5.75 Å². The Morgan fingerprint density at radius 1 is 0.889 bits per heavy atom. The molecule has 10 heteroatoms. The molecule has 0 saturated carbocycles. The molecule has 1 aliphatic rings. The Morgan fingerprint density at radius 3 is 2.14 bits per heavy atom. The van der Waals surface area contributed by atoms with Crippen LogP contribution < -0.4 is 10.5 Å². The van der Waals surface area contributed by atoms with Gasteiger partial charge in [-0.05, 0) is 24.3 Å². The molecular formula is C26H26N4O6. The van der Waals surface area contributed by atoms with E-state index in [1.54, 1.807) is 58.3 Å². The molecule has 0 aliphatic carbocycles. The maximum absolute atomic E-state index is 13.1. The van der Waals surface area contributed by atoms with Crippen molar-refractivity contribution in [2.75, 3.05) is 40.4 Å². The summed E-state index contributed by atoms with van der Waals surface area (Å²) in [5, 5.41) is 0.629. The molecular weight excluding hydrogens is 464 g/mol. The monoisotopic (exact) mass is 490 g/mol. The minimum atomic E-state index is -0.729. The number of nitrogens with zero attached hydrogens (tertiary/aromatic N) is 3. The molecule has 2 N–H and O–H groups in total. The molecule has 186 valence electrons. The van der Waals surface area contributed by atoms with E-state index in [0.717, 1.165) is 0 Å². The van der Waals surface area contributed by atoms with E-state index < -0.39 is 11.9 Å². The van der Waals surface area contributed by atoms with Crippen LogP contribution in [-0.4, -0.2) is 78.9 Å². The summed E-state index contributed by atoms with van der Waals surface area (Å²) in [5.74, 6) is -1.58. The molecule has 0 unspecified atom stereocenters. The number of nitrogens with two attached hydrogens (primary N) is 1. The number of fused-ring (bicyclic) bond motifs is 1. The number of carbonyl (C=O) groups excluding carboxylic acids is 4. The lowest BCUT2D eigenvalue weighted by molar-refractivity contribution is -0.132. The fourth-order valence-electron chi connectivity index (χ4n) is 4.37. The Labute approximate surface area is 207 Å². The van der Waals surface area contributed by atoms with Crippen molar-refractivity contribution < 1.29 is 28.7 Å². The first-order valence-corrected chi connectivity index (χ1v) is 11.4. The Balaban J connectivity index is 1.50. The number of carbonyl (C=O) groups is 4. The van der Waals surface area contributed by atoms with Gasteiger partial charge in [-0.2, -0.15) is 0 Å². The summed E-state index contributed by atoms with van der Waals surface area (Å²) in [7, 11) is 2.70. The van der Waals surface area contributed by atoms with Crippen LogP contribution in [0.1, 0.15) is 36.8 Å². The Bertz CT molecular complexity index is 1350. The molecule has 0 radical (unpaired) electrons. The summed E-state index contributed by atoms with van der Waals surface area (Å²) in [4.78, 5) is 58.2. The molecule has 10 nitrogen and oxygen atoms in total. The summed E-state index contributed by atoms with van der Waals surface area (Å²) in [6.45, 7) is 1.16. The van der Waals surface area contributed by atoms with Crippen LogP contribution >= 0.6 is 0 Å². The van der Waals surface area contributed by atoms with Crippen molar-refractivity contribution in [1.29, 1.82) is 0 Å². The summed E-state index contributed by atoms with van der Waals surface area (Å²) in [5.41, 5.74) is 6.98. The number of pyridine rings is 1. The average molecular weight is 491 g/mol. The van der Waals surface area contributed by atoms with E-state index in [9.17, 15) is 19.2 Å². The lowest BCUT2D eigenvalue weighted by Crippen LogP contribution is -2.51. The van der Waals surface area contributed by atoms with Gasteiger partial charge in [0, 0.05) is 31.6 Å². The molecule has 2 aromatic carbocycles. The fraction of sp³-hybridized carbons (Fsp3) is 0.269. The van der Waals surface area contributed by atoms with Gasteiger partial charge in [-0.15, -0.1) is 0 Å². The van der Waals surface area contributed by atoms with Crippen molar-refractivity contribution in [2.45, 2.75) is 6.42 Å². The highest BCUT2D eigenvalue weighted by Gasteiger charge is 2.29. The first-order valence-electron chi connectivity index (χ1n) is 11.4. The number of piperazine rings is 1. The first kappa shape index (κ1) is 24.6. The summed E-state index contributed by atoms with van der Waals surface area (Å²) in [6.07, 6.45) is -0.140. The van der Waals surface area contributed by atoms with Crippen LogP contribution in [0, 0.1) is 0 Å². The number of benzene rings is 2. The zero-order valence-electron chi connectivity index (χ0n) is 20.0. The number of hydrogen-bond donors (Lipinski definition) is 1. The molecule has 0 spiro atoms. The highest BCUT2D eigenvalue weighted by Crippen LogP contribution is 2.31. The minimum absolute atomic E-state index is 0.0813. The van der Waals surface area contributed by atoms with Crippen molar-refractivity contribution in [2.24, 2.45) is 5.73 Å². The number of para-hydroxylation sites is 1. The second kappa shape index (κ2) is 10.4. The summed E-state index contributed by atoms with van der Waals surface area (Å²) >= 11 is 0. The third kappa shape index (κ3) is 4.70. The molecule has 1 aromatic heterocycles. The van der Waals surface area contributed by atoms with Crippen LogP contribution in [0.4, 0.5) is 0 Å². The smallest absolute Gasteiger partial charge is 0.338 e. The van der Waals surface area contributed by atoms with Crippen LogP contribution in [0.25, 0.3) is 10.9 Å². The van der Waals surface area contributed by atoms with E-state index in [-0.39, 0.29) is 59.5 Å². The van der Waals surface area contributed by atoms with Crippen molar-refractivity contribution in [1.82, 2.24) is 14.8 Å². The quantitative estimate of drug-likeness (QED) is 0.520. The van der Waals surface area contributed by atoms with E-state index >= 15 is 0 Å². The van der Waals surface area contributed by atoms with Crippen LogP contribution in [0.15, 0.2) is 48.5 Å². The molecule has 36 heavy (non-hydrogen) atoms. The number of hydrogen-bond acceptors (Lipinski definition) is 7. The number of methoxy groups -OCH3 is 2. The highest BCUT2D eigenvalue weighted by molar-refractivity contribution is 6.06. The lowest BCUT2D eigenvalue weighted by Gasteiger charge is -2.35. The fourth-order valence-corrected chi connectivity index (χ4v) is 4.37. The van der Waals surface area contributed by atoms with Gasteiger partial charge in [0.1, 0.15) is 11.3 Å². The largest absolute Gasteiger partial charge is 0.495 e. The molecule has 1 aliphatic heterocycles. The van der Waals surface area contributed by atoms with Gasteiger partial charge in [0.05, 0.1) is 43.0 Å². The SMILES string of the molecule is COC(=O)c1ccccc1C(=O)N1CCN(C(=O)Cc2nc3ccccc3c(OC)c2C(N)=O)CC1. The van der Waals surface area contributed by atoms with Crippen LogP contribution in [0.3, 0.4) is 0 Å². The van der Waals surface area contributed by atoms with Gasteiger partial charge in [0.15, 0.2) is 0 Å². The second-order valence-electron chi connectivity index (χ2n) is 8.24. The highest BCUT2D eigenvalue weighted by atomic mass is 16.5. The molecule has 1 saturated heterocycles. The minimum Gasteiger partial charge on any atom is -0.495 e. The number of amides is 3. The Hall–Kier alpha value is -4.47. The number of rotatable bonds is 6. The molecule has 3 aromatic rings. The lowest BCUT2D eigenvalue weighted by atomic mass is 10.0. The van der Waals surface area contributed by atoms with E-state index in [0.29, 0.717) is 24.0 Å². The summed E-state index contributed by atoms with van der Waals surface area (Å²) in [6, 6.07) is 13.6. The topological polar surface area (TPSA) is 132 Å². The zero-order chi connectivity index (χ0) is 25.8. The molecule has 1 fully saturated rings. The van der Waals surface area contributed by atoms with Gasteiger partial charge in [-0.3, -0.25) is 19.4 Å². The number of ether oxygens (including phenoxy) is 2. The maximum Gasteiger partial charge on any atom is 0.338 e. The van der Waals surface area contributed by atoms with Gasteiger partial charge in [-0.25, -0.2) is 4.79 Å². The van der Waals surface area contributed by atoms with Crippen LogP contribution in [0.5, 0.6) is 5.75 Å². The molecule has 4 rings (SSSR count). The molecule has 2 heterocycles. The van der Waals surface area contributed by atoms with Crippen molar-refractivity contribution >= 4 is 34.6 Å². The number of esters is 1. The van der Waals surface area contributed by atoms with E-state index in [1.165, 1.54) is 14.2 Å². The van der Waals surface area contributed by atoms with Crippen molar-refractivity contribution in [3.63, 3.8) is 0 Å². The van der Waals surface area contributed by atoms with Crippen LogP contribution in [-0.2, 0) is 16.0 Å². The number of primary amides is 1. The van der Waals surface area contributed by atoms with E-state index in [4.69, 9.17) is 15.2 Å². The second-order valence-corrected chi connectivity index (χ2v) is 8.24. The van der Waals surface area contributed by atoms with Crippen molar-refractivity contribution in [3.05, 3.63) is 70.9 Å². The Kier molecular flexibility index (Phi) is 7.14. The van der Waals surface area contributed by atoms with Gasteiger partial charge in [-0.1, -0.05) is 24.3 Å². The Morgan fingerprint density at radius 2 is 1.50 bits per heavy atom. The molecule has 0 atom stereocenters. The standard InChI is InChI=1S/C26H26N4O6/c1-35-23-18-9-5-6-10-19(18)28-20(22(23)24(27)32)15-21(31)29-11-13-30(14-12-29)25(33)16-7-3-4-8-17(16)26(34)36-2/h3-10H,11-15H2,1-2H3,(H2,27,32). The predicted molar refractivity (Wildman–Crippen MR) is 131 cm³/mol. The van der Waals surface area contributed by atoms with Gasteiger partial charge in [0.25, 0.3) is 11.8 Å². The maximum atomic E-state index is 13.1. The third-order valence-electron chi connectivity index (χ3n) is 6.17. The van der Waals surface area contributed by atoms with E-state index in [1.807, 2.05) is 0 Å². The van der Waals surface area contributed by atoms with E-state index in [2.05, 4.69) is 4.98 Å². The normalized spacial score (nSPS) is 13.4. The average Bonchev–Trinajstić information content (AvgIpc) is 2.91. The van der Waals surface area contributed by atoms with Gasteiger partial charge >= 0.3 is 5.97 Å². The number of aromatic nitrogens is 1. The third-order valence-corrected chi connectivity index (χ3v) is 6.17. The van der Waals surface area contributed by atoms with Crippen LogP contribution in [0.2, 0.25) is 0 Å². The van der Waals surface area contributed by atoms with Gasteiger partial charge in [0.2, 0.25) is 5.91 Å². The first-order chi connectivity index (χ1) is 17.3. The summed E-state index contributed by atoms with van der Waals surface area (Å²) < 4.78 is 10.2. The molecule has 3 amide bonds. The van der Waals surface area contributed by atoms with Gasteiger partial charge < -0.3 is 25.0 Å². The predicted octanol–water partition coefficient (Wildman–Crippen LogP) is 1.66.